The Labute approximate surface area is 181 Å². The van der Waals surface area contributed by atoms with Crippen molar-refractivity contribution in [3.05, 3.63) is 95.1 Å². The molecule has 31 heavy (non-hydrogen) atoms. The predicted octanol–water partition coefficient (Wildman–Crippen LogP) is 4.40. The molecule has 1 amide bonds. The zero-order chi connectivity index (χ0) is 22.0. The summed E-state index contributed by atoms with van der Waals surface area (Å²) in [6, 6.07) is 21.8. The Balaban J connectivity index is 1.61. The van der Waals surface area contributed by atoms with Crippen molar-refractivity contribution in [2.45, 2.75) is 32.4 Å². The third-order valence-corrected chi connectivity index (χ3v) is 5.60. The van der Waals surface area contributed by atoms with Gasteiger partial charge in [-0.3, -0.25) is 9.59 Å². The highest BCUT2D eigenvalue weighted by Crippen LogP contribution is 2.43. The number of Topliss-reactive ketones (excluding diaryl/α,β-unsaturated/α-hetero) is 1. The fraction of sp³-hybridized carbons (Fsp3) is 0.231. The van der Waals surface area contributed by atoms with Crippen molar-refractivity contribution in [2.75, 3.05) is 11.5 Å². The third-order valence-electron chi connectivity index (χ3n) is 5.60. The molecule has 3 aromatic carbocycles. The van der Waals surface area contributed by atoms with E-state index >= 15 is 0 Å². The van der Waals surface area contributed by atoms with Crippen LogP contribution >= 0.6 is 0 Å². The number of amides is 1. The highest BCUT2D eigenvalue weighted by molar-refractivity contribution is 6.10. The summed E-state index contributed by atoms with van der Waals surface area (Å²) in [4.78, 5) is 27.9. The molecule has 1 unspecified atom stereocenters. The first-order valence-corrected chi connectivity index (χ1v) is 10.4. The number of carbonyl (C=O) groups is 2. The molecule has 3 aromatic rings. The molecular weight excluding hydrogens is 390 g/mol. The number of fused-ring (bicyclic) bond motifs is 1. The van der Waals surface area contributed by atoms with Crippen LogP contribution in [0.15, 0.2) is 72.8 Å². The van der Waals surface area contributed by atoms with Crippen LogP contribution in [0.2, 0.25) is 0 Å². The average molecular weight is 415 g/mol. The highest BCUT2D eigenvalue weighted by atomic mass is 16.5. The molecule has 5 heteroatoms. The van der Waals surface area contributed by atoms with Gasteiger partial charge in [0.2, 0.25) is 0 Å². The SMILES string of the molecule is CCOc1ccc(C(=O)CC2(O)C(=O)N(Cc3ccc(C)cc3)c3ccccc32)cc1. The minimum atomic E-state index is -1.89. The smallest absolute Gasteiger partial charge is 0.264 e. The molecule has 0 spiro atoms. The summed E-state index contributed by atoms with van der Waals surface area (Å²) in [5.41, 5.74) is 1.72. The maximum atomic E-state index is 13.4. The van der Waals surface area contributed by atoms with Crippen LogP contribution in [-0.4, -0.2) is 23.4 Å². The van der Waals surface area contributed by atoms with E-state index in [4.69, 9.17) is 4.74 Å². The van der Waals surface area contributed by atoms with Crippen LogP contribution in [0.3, 0.4) is 0 Å². The lowest BCUT2D eigenvalue weighted by Crippen LogP contribution is -2.41. The minimum absolute atomic E-state index is 0.300. The number of carbonyl (C=O) groups excluding carboxylic acids is 2. The number of benzene rings is 3. The zero-order valence-corrected chi connectivity index (χ0v) is 17.7. The minimum Gasteiger partial charge on any atom is -0.494 e. The van der Waals surface area contributed by atoms with E-state index in [1.807, 2.05) is 44.2 Å². The number of anilines is 1. The van der Waals surface area contributed by atoms with E-state index in [0.717, 1.165) is 11.1 Å². The topological polar surface area (TPSA) is 66.8 Å². The highest BCUT2D eigenvalue weighted by Gasteiger charge is 2.50. The van der Waals surface area contributed by atoms with Crippen LogP contribution < -0.4 is 9.64 Å². The molecule has 4 rings (SSSR count). The van der Waals surface area contributed by atoms with E-state index < -0.39 is 11.5 Å². The molecule has 1 atom stereocenters. The maximum absolute atomic E-state index is 13.4. The fourth-order valence-corrected chi connectivity index (χ4v) is 3.95. The molecular formula is C26H25NO4. The van der Waals surface area contributed by atoms with Crippen molar-refractivity contribution in [1.82, 2.24) is 0 Å². The number of rotatable bonds is 7. The molecule has 0 aliphatic carbocycles. The summed E-state index contributed by atoms with van der Waals surface area (Å²) in [6.07, 6.45) is -0.318. The lowest BCUT2D eigenvalue weighted by atomic mass is 9.88. The molecule has 1 heterocycles. The van der Waals surface area contributed by atoms with Crippen LogP contribution in [0.1, 0.15) is 40.4 Å². The lowest BCUT2D eigenvalue weighted by molar-refractivity contribution is -0.136. The van der Waals surface area contributed by atoms with Gasteiger partial charge in [-0.05, 0) is 49.7 Å². The number of ether oxygens (including phenoxy) is 1. The molecule has 5 nitrogen and oxygen atoms in total. The van der Waals surface area contributed by atoms with Gasteiger partial charge in [-0.25, -0.2) is 0 Å². The van der Waals surface area contributed by atoms with Crippen molar-refractivity contribution in [1.29, 1.82) is 0 Å². The molecule has 158 valence electrons. The van der Waals surface area contributed by atoms with Gasteiger partial charge in [0.25, 0.3) is 5.91 Å². The number of hydrogen-bond acceptors (Lipinski definition) is 4. The van der Waals surface area contributed by atoms with E-state index in [-0.39, 0.29) is 12.2 Å². The van der Waals surface area contributed by atoms with Crippen molar-refractivity contribution >= 4 is 17.4 Å². The second kappa shape index (κ2) is 8.36. The summed E-state index contributed by atoms with van der Waals surface area (Å²) in [7, 11) is 0. The Morgan fingerprint density at radius 2 is 1.68 bits per heavy atom. The quantitative estimate of drug-likeness (QED) is 0.581. The second-order valence-corrected chi connectivity index (χ2v) is 7.81. The number of para-hydroxylation sites is 1. The van der Waals surface area contributed by atoms with Crippen molar-refractivity contribution in [3.8, 4) is 5.75 Å². The van der Waals surface area contributed by atoms with Gasteiger partial charge >= 0.3 is 0 Å². The average Bonchev–Trinajstić information content (AvgIpc) is 2.98. The molecule has 1 N–H and O–H groups in total. The Hall–Kier alpha value is -3.44. The van der Waals surface area contributed by atoms with E-state index in [9.17, 15) is 14.7 Å². The van der Waals surface area contributed by atoms with Gasteiger partial charge in [0.15, 0.2) is 11.4 Å². The Morgan fingerprint density at radius 1 is 1.00 bits per heavy atom. The summed E-state index contributed by atoms with van der Waals surface area (Å²) < 4.78 is 5.41. The summed E-state index contributed by atoms with van der Waals surface area (Å²) in [5.74, 6) is -0.108. The Kier molecular flexibility index (Phi) is 5.61. The van der Waals surface area contributed by atoms with E-state index in [1.165, 1.54) is 0 Å². The first kappa shape index (κ1) is 20.8. The molecule has 1 aliphatic heterocycles. The summed E-state index contributed by atoms with van der Waals surface area (Å²) in [6.45, 7) is 4.76. The number of aliphatic hydroxyl groups is 1. The van der Waals surface area contributed by atoms with Crippen LogP contribution in [0, 0.1) is 6.92 Å². The van der Waals surface area contributed by atoms with Crippen molar-refractivity contribution in [2.24, 2.45) is 0 Å². The van der Waals surface area contributed by atoms with E-state index in [0.29, 0.717) is 35.7 Å². The number of aryl methyl sites for hydroxylation is 1. The van der Waals surface area contributed by atoms with Gasteiger partial charge in [-0.1, -0.05) is 48.0 Å². The second-order valence-electron chi connectivity index (χ2n) is 7.81. The molecule has 1 aliphatic rings. The number of hydrogen-bond donors (Lipinski definition) is 1. The van der Waals surface area contributed by atoms with Gasteiger partial charge in [-0.2, -0.15) is 0 Å². The molecule has 0 saturated heterocycles. The molecule has 0 fully saturated rings. The van der Waals surface area contributed by atoms with Crippen LogP contribution in [0.25, 0.3) is 0 Å². The standard InChI is InChI=1S/C26H25NO4/c1-3-31-21-14-12-20(13-15-21)24(28)16-26(30)22-6-4-5-7-23(22)27(25(26)29)17-19-10-8-18(2)9-11-19/h4-15,30H,3,16-17H2,1-2H3. The van der Waals surface area contributed by atoms with Gasteiger partial charge in [-0.15, -0.1) is 0 Å². The molecule has 0 saturated carbocycles. The van der Waals surface area contributed by atoms with Crippen molar-refractivity contribution < 1.29 is 19.4 Å². The van der Waals surface area contributed by atoms with Crippen molar-refractivity contribution in [3.63, 3.8) is 0 Å². The van der Waals surface area contributed by atoms with E-state index in [1.54, 1.807) is 47.4 Å². The largest absolute Gasteiger partial charge is 0.494 e. The first-order valence-electron chi connectivity index (χ1n) is 10.4. The summed E-state index contributed by atoms with van der Waals surface area (Å²) >= 11 is 0. The normalized spacial score (nSPS) is 17.5. The zero-order valence-electron chi connectivity index (χ0n) is 17.7. The lowest BCUT2D eigenvalue weighted by Gasteiger charge is -2.23. The van der Waals surface area contributed by atoms with Crippen LogP contribution in [-0.2, 0) is 16.9 Å². The first-order chi connectivity index (χ1) is 14.9. The maximum Gasteiger partial charge on any atom is 0.264 e. The van der Waals surface area contributed by atoms with E-state index in [2.05, 4.69) is 0 Å². The number of ketones is 1. The predicted molar refractivity (Wildman–Crippen MR) is 119 cm³/mol. The third kappa shape index (κ3) is 3.97. The fourth-order valence-electron chi connectivity index (χ4n) is 3.95. The van der Waals surface area contributed by atoms with Gasteiger partial charge in [0, 0.05) is 11.1 Å². The van der Waals surface area contributed by atoms with Gasteiger partial charge < -0.3 is 14.7 Å². The number of nitrogens with zero attached hydrogens (tertiary/aromatic N) is 1. The Bertz CT molecular complexity index is 1110. The van der Waals surface area contributed by atoms with Crippen LogP contribution in [0.5, 0.6) is 5.75 Å². The Morgan fingerprint density at radius 3 is 2.35 bits per heavy atom. The monoisotopic (exact) mass is 415 g/mol. The molecule has 0 bridgehead atoms. The molecule has 0 radical (unpaired) electrons. The van der Waals surface area contributed by atoms with Crippen LogP contribution in [0.4, 0.5) is 5.69 Å². The van der Waals surface area contributed by atoms with Gasteiger partial charge in [0.05, 0.1) is 25.3 Å². The summed E-state index contributed by atoms with van der Waals surface area (Å²) in [5, 5.41) is 11.4. The van der Waals surface area contributed by atoms with Gasteiger partial charge in [0.1, 0.15) is 5.75 Å². The molecule has 0 aromatic heterocycles.